The monoisotopic (exact) mass is 445 g/mol. The highest BCUT2D eigenvalue weighted by Crippen LogP contribution is 2.31. The largest absolute Gasteiger partial charge is 0.305 e. The summed E-state index contributed by atoms with van der Waals surface area (Å²) < 4.78 is 25.9. The van der Waals surface area contributed by atoms with E-state index in [4.69, 9.17) is 34.8 Å². The first-order chi connectivity index (χ1) is 12.2. The van der Waals surface area contributed by atoms with Crippen molar-refractivity contribution in [1.29, 1.82) is 0 Å². The molecule has 0 bridgehead atoms. The molecule has 1 aromatic carbocycles. The molecule has 0 saturated carbocycles. The molecule has 0 fully saturated rings. The molecule has 26 heavy (non-hydrogen) atoms. The molecule has 134 valence electrons. The molecule has 3 aromatic rings. The van der Waals surface area contributed by atoms with Crippen LogP contribution in [0.3, 0.4) is 0 Å². The number of fused-ring (bicyclic) bond motifs is 1. The summed E-state index contributed by atoms with van der Waals surface area (Å²) in [5.41, 5.74) is 0.831. The quantitative estimate of drug-likeness (QED) is 0.627. The van der Waals surface area contributed by atoms with Crippen LogP contribution in [-0.4, -0.2) is 18.9 Å². The van der Waals surface area contributed by atoms with E-state index in [1.165, 1.54) is 18.2 Å². The number of sulfonamides is 1. The summed E-state index contributed by atoms with van der Waals surface area (Å²) in [7, 11) is -3.85. The summed E-state index contributed by atoms with van der Waals surface area (Å²) in [6.45, 7) is 0.152. The Kier molecular flexibility index (Phi) is 5.25. The number of thiophene rings is 1. The number of hydrogen-bond acceptors (Lipinski definition) is 5. The number of carbonyl (C=O) groups excluding carboxylic acids is 1. The Bertz CT molecular complexity index is 1250. The maximum absolute atomic E-state index is 12.4. The van der Waals surface area contributed by atoms with Gasteiger partial charge in [-0.25, -0.2) is 13.6 Å². The molecular formula is C15H9Cl2N3O3S3. The van der Waals surface area contributed by atoms with E-state index in [2.05, 4.69) is 10.9 Å². The van der Waals surface area contributed by atoms with Crippen molar-refractivity contribution in [2.24, 2.45) is 10.1 Å². The molecule has 3 rings (SSSR count). The highest BCUT2D eigenvalue weighted by molar-refractivity contribution is 7.89. The summed E-state index contributed by atoms with van der Waals surface area (Å²) in [5, 5.41) is 5.16. The first-order valence-corrected chi connectivity index (χ1v) is 10.8. The van der Waals surface area contributed by atoms with Gasteiger partial charge < -0.3 is 4.57 Å². The lowest BCUT2D eigenvalue weighted by molar-refractivity contribution is 0.0998. The normalized spacial score (nSPS) is 12.5. The fraction of sp³-hybridized carbons (Fsp3) is 0.0667. The van der Waals surface area contributed by atoms with Crippen LogP contribution in [0.1, 0.15) is 10.4 Å². The second-order valence-corrected chi connectivity index (χ2v) is 9.86. The second-order valence-electron chi connectivity index (χ2n) is 5.00. The minimum atomic E-state index is -3.85. The third-order valence-electron chi connectivity index (χ3n) is 3.32. The van der Waals surface area contributed by atoms with Crippen LogP contribution in [0.5, 0.6) is 0 Å². The molecule has 1 amide bonds. The van der Waals surface area contributed by atoms with Gasteiger partial charge in [-0.3, -0.25) is 4.79 Å². The smallest absolute Gasteiger partial charge is 0.282 e. The fourth-order valence-corrected chi connectivity index (χ4v) is 5.32. The van der Waals surface area contributed by atoms with E-state index in [-0.39, 0.29) is 21.3 Å². The van der Waals surface area contributed by atoms with Crippen LogP contribution in [0.2, 0.25) is 8.67 Å². The predicted molar refractivity (Wildman–Crippen MR) is 104 cm³/mol. The number of hydrogen-bond donors (Lipinski definition) is 1. The van der Waals surface area contributed by atoms with Crippen LogP contribution >= 0.6 is 45.9 Å². The van der Waals surface area contributed by atoms with Crippen LogP contribution in [0.15, 0.2) is 34.2 Å². The molecule has 0 aliphatic heterocycles. The molecule has 0 aliphatic rings. The lowest BCUT2D eigenvalue weighted by Gasteiger charge is -2.01. The topological polar surface area (TPSA) is 94.5 Å². The predicted octanol–water partition coefficient (Wildman–Crippen LogP) is 3.09. The first kappa shape index (κ1) is 19.1. The lowest BCUT2D eigenvalue weighted by atomic mass is 10.3. The Morgan fingerprint density at radius 2 is 2.04 bits per heavy atom. The molecule has 2 aromatic heterocycles. The number of halogens is 2. The Morgan fingerprint density at radius 1 is 1.31 bits per heavy atom. The number of benzene rings is 1. The minimum Gasteiger partial charge on any atom is -0.305 e. The van der Waals surface area contributed by atoms with Crippen molar-refractivity contribution < 1.29 is 13.2 Å². The third kappa shape index (κ3) is 3.71. The Balaban J connectivity index is 2.21. The van der Waals surface area contributed by atoms with Crippen molar-refractivity contribution >= 4 is 72.0 Å². The Labute approximate surface area is 166 Å². The molecule has 11 heteroatoms. The van der Waals surface area contributed by atoms with Crippen molar-refractivity contribution in [1.82, 2.24) is 4.57 Å². The second kappa shape index (κ2) is 7.15. The van der Waals surface area contributed by atoms with Crippen LogP contribution < -0.4 is 9.94 Å². The third-order valence-corrected chi connectivity index (χ3v) is 6.76. The molecule has 0 saturated heterocycles. The molecule has 0 radical (unpaired) electrons. The summed E-state index contributed by atoms with van der Waals surface area (Å²) in [5.74, 6) is 1.92. The summed E-state index contributed by atoms with van der Waals surface area (Å²) >= 11 is 14.0. The van der Waals surface area contributed by atoms with Gasteiger partial charge in [-0.1, -0.05) is 40.5 Å². The van der Waals surface area contributed by atoms with Gasteiger partial charge in [-0.05, 0) is 24.3 Å². The number of nitrogens with zero attached hydrogens (tertiary/aromatic N) is 2. The van der Waals surface area contributed by atoms with Crippen LogP contribution in [0.4, 0.5) is 0 Å². The van der Waals surface area contributed by atoms with Crippen molar-refractivity contribution in [3.05, 3.63) is 43.3 Å². The van der Waals surface area contributed by atoms with E-state index in [0.29, 0.717) is 19.4 Å². The standard InChI is InChI=1S/C15H9Cl2N3O3S3/c1-2-5-20-10-4-3-8(26(18,22)23)6-11(10)24-15(20)19-14(21)9-7-12(16)25-13(9)17/h1,3-4,6-7H,5H2,(H2,18,22,23). The van der Waals surface area contributed by atoms with Crippen molar-refractivity contribution in [3.8, 4) is 12.3 Å². The first-order valence-electron chi connectivity index (χ1n) is 6.84. The molecule has 2 heterocycles. The molecule has 0 spiro atoms. The van der Waals surface area contributed by atoms with Gasteiger partial charge in [0.15, 0.2) is 4.80 Å². The van der Waals surface area contributed by atoms with E-state index in [1.807, 2.05) is 0 Å². The van der Waals surface area contributed by atoms with Gasteiger partial charge in [0.1, 0.15) is 4.34 Å². The summed E-state index contributed by atoms with van der Waals surface area (Å²) in [4.78, 5) is 16.8. The van der Waals surface area contributed by atoms with Gasteiger partial charge in [0, 0.05) is 0 Å². The fourth-order valence-electron chi connectivity index (χ4n) is 2.19. The number of thiazole rings is 1. The van der Waals surface area contributed by atoms with E-state index in [9.17, 15) is 13.2 Å². The maximum Gasteiger partial charge on any atom is 0.282 e. The average Bonchev–Trinajstić information content (AvgIpc) is 3.06. The van der Waals surface area contributed by atoms with Gasteiger partial charge >= 0.3 is 0 Å². The summed E-state index contributed by atoms with van der Waals surface area (Å²) in [6.07, 6.45) is 5.40. The zero-order valence-corrected chi connectivity index (χ0v) is 16.7. The molecule has 0 aliphatic carbocycles. The minimum absolute atomic E-state index is 0.0374. The van der Waals surface area contributed by atoms with Crippen molar-refractivity contribution in [2.75, 3.05) is 0 Å². The van der Waals surface area contributed by atoms with Gasteiger partial charge in [-0.2, -0.15) is 4.99 Å². The number of terminal acetylenes is 1. The number of nitrogens with two attached hydrogens (primary N) is 1. The number of amides is 1. The van der Waals surface area contributed by atoms with E-state index >= 15 is 0 Å². The molecular weight excluding hydrogens is 437 g/mol. The highest BCUT2D eigenvalue weighted by atomic mass is 35.5. The average molecular weight is 446 g/mol. The lowest BCUT2D eigenvalue weighted by Crippen LogP contribution is -2.16. The van der Waals surface area contributed by atoms with E-state index < -0.39 is 15.9 Å². The number of aromatic nitrogens is 1. The van der Waals surface area contributed by atoms with Gasteiger partial charge in [0.05, 0.1) is 31.6 Å². The molecule has 2 N–H and O–H groups in total. The Hall–Kier alpha value is -1.67. The molecule has 0 unspecified atom stereocenters. The van der Waals surface area contributed by atoms with Crippen molar-refractivity contribution in [2.45, 2.75) is 11.4 Å². The van der Waals surface area contributed by atoms with Crippen molar-refractivity contribution in [3.63, 3.8) is 0 Å². The van der Waals surface area contributed by atoms with Gasteiger partial charge in [0.2, 0.25) is 10.0 Å². The Morgan fingerprint density at radius 3 is 2.62 bits per heavy atom. The van der Waals surface area contributed by atoms with Gasteiger partial charge in [-0.15, -0.1) is 17.8 Å². The zero-order chi connectivity index (χ0) is 19.1. The van der Waals surface area contributed by atoms with E-state index in [1.54, 1.807) is 10.6 Å². The highest BCUT2D eigenvalue weighted by Gasteiger charge is 2.16. The number of primary sulfonamides is 1. The van der Waals surface area contributed by atoms with Crippen LogP contribution in [0.25, 0.3) is 10.2 Å². The van der Waals surface area contributed by atoms with Crippen LogP contribution in [0, 0.1) is 12.3 Å². The number of rotatable bonds is 3. The SMILES string of the molecule is C#CCn1c(=NC(=O)c2cc(Cl)sc2Cl)sc2cc(S(N)(=O)=O)ccc21. The number of carbonyl (C=O) groups is 1. The van der Waals surface area contributed by atoms with E-state index in [0.717, 1.165) is 22.7 Å². The van der Waals surface area contributed by atoms with Crippen LogP contribution in [-0.2, 0) is 16.6 Å². The molecule has 0 atom stereocenters. The van der Waals surface area contributed by atoms with Gasteiger partial charge in [0.25, 0.3) is 5.91 Å². The maximum atomic E-state index is 12.4. The zero-order valence-electron chi connectivity index (χ0n) is 12.8. The summed E-state index contributed by atoms with van der Waals surface area (Å²) in [6, 6.07) is 5.80. The molecule has 6 nitrogen and oxygen atoms in total.